The first-order valence-corrected chi connectivity index (χ1v) is 12.0. The maximum atomic E-state index is 5.42. The third kappa shape index (κ3) is 7.45. The zero-order valence-electron chi connectivity index (χ0n) is 20.4. The molecule has 2 heterocycles. The van der Waals surface area contributed by atoms with E-state index in [9.17, 15) is 0 Å². The molecule has 180 valence electrons. The fourth-order valence-corrected chi connectivity index (χ4v) is 4.38. The van der Waals surface area contributed by atoms with Crippen molar-refractivity contribution in [3.63, 3.8) is 0 Å². The lowest BCUT2D eigenvalue weighted by Gasteiger charge is -2.35. The Morgan fingerprint density at radius 2 is 1.62 bits per heavy atom. The van der Waals surface area contributed by atoms with Gasteiger partial charge in [-0.15, -0.1) is 0 Å². The predicted molar refractivity (Wildman–Crippen MR) is 132 cm³/mol. The number of rotatable bonds is 9. The van der Waals surface area contributed by atoms with Crippen LogP contribution in [0.15, 0.2) is 23.2 Å². The molecule has 0 atom stereocenters. The molecular weight excluding hydrogens is 404 g/mol. The van der Waals surface area contributed by atoms with Gasteiger partial charge < -0.3 is 34.8 Å². The highest BCUT2D eigenvalue weighted by atomic mass is 16.5. The average molecular weight is 447 g/mol. The van der Waals surface area contributed by atoms with Crippen molar-refractivity contribution in [2.45, 2.75) is 31.7 Å². The van der Waals surface area contributed by atoms with Crippen molar-refractivity contribution in [3.05, 3.63) is 18.2 Å². The normalized spacial score (nSPS) is 19.1. The van der Waals surface area contributed by atoms with Crippen LogP contribution in [0.4, 0.5) is 5.69 Å². The van der Waals surface area contributed by atoms with Gasteiger partial charge in [0.2, 0.25) is 0 Å². The van der Waals surface area contributed by atoms with Gasteiger partial charge in [0.05, 0.1) is 14.2 Å². The van der Waals surface area contributed by atoms with E-state index in [0.29, 0.717) is 6.04 Å². The molecule has 32 heavy (non-hydrogen) atoms. The Morgan fingerprint density at radius 1 is 0.969 bits per heavy atom. The largest absolute Gasteiger partial charge is 0.497 e. The molecule has 1 aromatic carbocycles. The quantitative estimate of drug-likeness (QED) is 0.341. The maximum Gasteiger partial charge on any atom is 0.191 e. The number of piperazine rings is 1. The molecule has 2 aliphatic heterocycles. The van der Waals surface area contributed by atoms with Crippen LogP contribution in [0.25, 0.3) is 0 Å². The molecule has 2 fully saturated rings. The Hall–Kier alpha value is -2.19. The summed E-state index contributed by atoms with van der Waals surface area (Å²) in [5.74, 6) is 2.58. The van der Waals surface area contributed by atoms with E-state index in [-0.39, 0.29) is 0 Å². The second kappa shape index (κ2) is 12.7. The highest BCUT2D eigenvalue weighted by Gasteiger charge is 2.21. The van der Waals surface area contributed by atoms with Crippen LogP contribution in [0.2, 0.25) is 0 Å². The van der Waals surface area contributed by atoms with Crippen molar-refractivity contribution in [2.75, 3.05) is 85.6 Å². The van der Waals surface area contributed by atoms with E-state index in [1.807, 2.05) is 13.1 Å². The summed E-state index contributed by atoms with van der Waals surface area (Å²) in [7, 11) is 7.45. The van der Waals surface area contributed by atoms with Gasteiger partial charge in [-0.2, -0.15) is 0 Å². The first-order valence-electron chi connectivity index (χ1n) is 12.0. The number of likely N-dealkylation sites (N-methyl/N-ethyl adjacent to an activating group) is 1. The third-order valence-electron chi connectivity index (χ3n) is 6.55. The number of nitrogens with zero attached hydrogens (tertiary/aromatic N) is 4. The summed E-state index contributed by atoms with van der Waals surface area (Å²) in [4.78, 5) is 11.8. The maximum absolute atomic E-state index is 5.42. The number of unbranched alkanes of at least 4 members (excludes halogenated alkanes) is 1. The van der Waals surface area contributed by atoms with Gasteiger partial charge in [0.1, 0.15) is 11.5 Å². The van der Waals surface area contributed by atoms with Gasteiger partial charge in [-0.25, -0.2) is 0 Å². The lowest BCUT2D eigenvalue weighted by atomic mass is 10.0. The molecule has 0 unspecified atom stereocenters. The van der Waals surface area contributed by atoms with Gasteiger partial charge in [0, 0.05) is 82.8 Å². The Labute approximate surface area is 193 Å². The summed E-state index contributed by atoms with van der Waals surface area (Å²) in [6, 6.07) is 6.52. The van der Waals surface area contributed by atoms with E-state index in [0.717, 1.165) is 55.6 Å². The van der Waals surface area contributed by atoms with Crippen molar-refractivity contribution in [1.29, 1.82) is 0 Å². The fourth-order valence-electron chi connectivity index (χ4n) is 4.38. The summed E-state index contributed by atoms with van der Waals surface area (Å²) < 4.78 is 10.8. The average Bonchev–Trinajstić information content (AvgIpc) is 2.84. The first-order chi connectivity index (χ1) is 15.6. The highest BCUT2D eigenvalue weighted by molar-refractivity contribution is 5.80. The summed E-state index contributed by atoms with van der Waals surface area (Å²) in [6.45, 7) is 8.96. The molecular formula is C24H42N6O2. The van der Waals surface area contributed by atoms with Crippen molar-refractivity contribution >= 4 is 11.6 Å². The van der Waals surface area contributed by atoms with Crippen LogP contribution in [0.5, 0.6) is 11.5 Å². The molecule has 2 N–H and O–H groups in total. The van der Waals surface area contributed by atoms with Crippen LogP contribution in [0.3, 0.4) is 0 Å². The topological polar surface area (TPSA) is 64.6 Å². The van der Waals surface area contributed by atoms with Crippen molar-refractivity contribution in [2.24, 2.45) is 4.99 Å². The summed E-state index contributed by atoms with van der Waals surface area (Å²) in [5.41, 5.74) is 1.16. The molecule has 8 heteroatoms. The van der Waals surface area contributed by atoms with Crippen LogP contribution in [0, 0.1) is 0 Å². The Bertz CT molecular complexity index is 690. The van der Waals surface area contributed by atoms with Crippen LogP contribution in [-0.4, -0.2) is 102 Å². The molecule has 0 amide bonds. The summed E-state index contributed by atoms with van der Waals surface area (Å²) in [6.07, 6.45) is 4.55. The second-order valence-electron chi connectivity index (χ2n) is 8.83. The highest BCUT2D eigenvalue weighted by Crippen LogP contribution is 2.30. The minimum atomic E-state index is 0.440. The fraction of sp³-hybridized carbons (Fsp3) is 0.708. The zero-order valence-corrected chi connectivity index (χ0v) is 20.4. The molecule has 3 rings (SSSR count). The smallest absolute Gasteiger partial charge is 0.191 e. The van der Waals surface area contributed by atoms with Gasteiger partial charge in [-0.3, -0.25) is 4.99 Å². The Balaban J connectivity index is 1.34. The van der Waals surface area contributed by atoms with E-state index in [4.69, 9.17) is 9.47 Å². The second-order valence-corrected chi connectivity index (χ2v) is 8.83. The minimum Gasteiger partial charge on any atom is -0.497 e. The van der Waals surface area contributed by atoms with Crippen LogP contribution >= 0.6 is 0 Å². The number of hydrogen-bond acceptors (Lipinski definition) is 6. The lowest BCUT2D eigenvalue weighted by Crippen LogP contribution is -2.49. The predicted octanol–water partition coefficient (Wildman–Crippen LogP) is 1.87. The van der Waals surface area contributed by atoms with Crippen molar-refractivity contribution in [3.8, 4) is 11.5 Å². The number of nitrogens with one attached hydrogen (secondary N) is 2. The van der Waals surface area contributed by atoms with Gasteiger partial charge in [0.15, 0.2) is 5.96 Å². The van der Waals surface area contributed by atoms with E-state index < -0.39 is 0 Å². The number of anilines is 1. The van der Waals surface area contributed by atoms with Gasteiger partial charge >= 0.3 is 0 Å². The monoisotopic (exact) mass is 446 g/mol. The standard InChI is InChI=1S/C24H42N6O2/c1-25-24(26-9-5-6-10-29-15-13-28(2)14-16-29)27-20-7-11-30(12-8-20)21-17-22(31-3)19-23(18-21)32-4/h17-20H,5-16H2,1-4H3,(H2,25,26,27). The Morgan fingerprint density at radius 3 is 2.22 bits per heavy atom. The third-order valence-corrected chi connectivity index (χ3v) is 6.55. The molecule has 8 nitrogen and oxygen atoms in total. The zero-order chi connectivity index (χ0) is 22.8. The van der Waals surface area contributed by atoms with Crippen molar-refractivity contribution in [1.82, 2.24) is 20.4 Å². The number of aliphatic imine (C=N–C) groups is 1. The minimum absolute atomic E-state index is 0.440. The molecule has 2 aliphatic rings. The van der Waals surface area contributed by atoms with Gasteiger partial charge in [0.25, 0.3) is 0 Å². The number of benzene rings is 1. The van der Waals surface area contributed by atoms with Crippen LogP contribution in [0.1, 0.15) is 25.7 Å². The summed E-state index contributed by atoms with van der Waals surface area (Å²) in [5, 5.41) is 7.11. The molecule has 0 aliphatic carbocycles. The van der Waals surface area contributed by atoms with Crippen LogP contribution < -0.4 is 25.0 Å². The number of guanidine groups is 1. The Kier molecular flexibility index (Phi) is 9.74. The first kappa shape index (κ1) is 24.5. The molecule has 0 saturated carbocycles. The van der Waals surface area contributed by atoms with E-state index in [1.165, 1.54) is 45.6 Å². The molecule has 2 saturated heterocycles. The molecule has 0 radical (unpaired) electrons. The van der Waals surface area contributed by atoms with E-state index in [2.05, 4.69) is 49.5 Å². The van der Waals surface area contributed by atoms with Gasteiger partial charge in [-0.05, 0) is 39.3 Å². The van der Waals surface area contributed by atoms with Crippen LogP contribution in [-0.2, 0) is 0 Å². The molecule has 0 aromatic heterocycles. The molecule has 1 aromatic rings. The number of piperidine rings is 1. The number of hydrogen-bond donors (Lipinski definition) is 2. The van der Waals surface area contributed by atoms with E-state index in [1.54, 1.807) is 14.2 Å². The summed E-state index contributed by atoms with van der Waals surface area (Å²) >= 11 is 0. The molecule has 0 bridgehead atoms. The SMILES string of the molecule is CN=C(NCCCCN1CCN(C)CC1)NC1CCN(c2cc(OC)cc(OC)c2)CC1. The number of ether oxygens (including phenoxy) is 2. The molecule has 0 spiro atoms. The van der Waals surface area contributed by atoms with Crippen molar-refractivity contribution < 1.29 is 9.47 Å². The lowest BCUT2D eigenvalue weighted by molar-refractivity contribution is 0.152. The van der Waals surface area contributed by atoms with E-state index >= 15 is 0 Å². The van der Waals surface area contributed by atoms with Gasteiger partial charge in [-0.1, -0.05) is 0 Å². The number of methoxy groups -OCH3 is 2.